The third-order valence-electron chi connectivity index (χ3n) is 5.68. The maximum atomic E-state index is 13.7. The normalized spacial score (nSPS) is 28.1. The van der Waals surface area contributed by atoms with Crippen LogP contribution < -0.4 is 0 Å². The quantitative estimate of drug-likeness (QED) is 0.778. The number of hydrogen-bond donors (Lipinski definition) is 0. The molecule has 3 atom stereocenters. The van der Waals surface area contributed by atoms with Crippen LogP contribution in [0, 0.1) is 11.7 Å². The van der Waals surface area contributed by atoms with Crippen molar-refractivity contribution >= 4 is 17.8 Å². The van der Waals surface area contributed by atoms with Crippen molar-refractivity contribution in [3.63, 3.8) is 0 Å². The molecule has 0 N–H and O–H groups in total. The van der Waals surface area contributed by atoms with E-state index in [-0.39, 0.29) is 23.8 Å². The zero-order valence-corrected chi connectivity index (χ0v) is 14.1. The van der Waals surface area contributed by atoms with Crippen LogP contribution in [0.3, 0.4) is 0 Å². The molecule has 2 aromatic carbocycles. The van der Waals surface area contributed by atoms with Gasteiger partial charge in [0, 0.05) is 5.41 Å². The predicted molar refractivity (Wildman–Crippen MR) is 89.0 cm³/mol. The van der Waals surface area contributed by atoms with Crippen molar-refractivity contribution in [2.24, 2.45) is 5.92 Å². The van der Waals surface area contributed by atoms with Gasteiger partial charge in [0.15, 0.2) is 0 Å². The summed E-state index contributed by atoms with van der Waals surface area (Å²) in [4.78, 5) is 42.8. The maximum Gasteiger partial charge on any atom is 0.339 e. The Balaban J connectivity index is 1.41. The summed E-state index contributed by atoms with van der Waals surface area (Å²) in [5.41, 5.74) is 0.356. The summed E-state index contributed by atoms with van der Waals surface area (Å²) in [5.74, 6) is -3.15. The summed E-state index contributed by atoms with van der Waals surface area (Å²) in [7, 11) is 0. The van der Waals surface area contributed by atoms with E-state index in [2.05, 4.69) is 0 Å². The van der Waals surface area contributed by atoms with Gasteiger partial charge in [-0.3, -0.25) is 9.59 Å². The van der Waals surface area contributed by atoms with E-state index in [4.69, 9.17) is 9.57 Å². The molecule has 1 aliphatic carbocycles. The minimum absolute atomic E-state index is 0.197. The lowest BCUT2D eigenvalue weighted by atomic mass is 9.57. The van der Waals surface area contributed by atoms with Crippen molar-refractivity contribution in [2.75, 3.05) is 6.61 Å². The molecule has 0 radical (unpaired) electrons. The van der Waals surface area contributed by atoms with Crippen LogP contribution in [-0.2, 0) is 19.8 Å². The number of carbonyl (C=O) groups is 3. The van der Waals surface area contributed by atoms with Gasteiger partial charge in [0.05, 0.1) is 29.8 Å². The van der Waals surface area contributed by atoms with E-state index in [9.17, 15) is 18.8 Å². The minimum atomic E-state index is -0.720. The molecule has 2 saturated heterocycles. The summed E-state index contributed by atoms with van der Waals surface area (Å²) in [6.45, 7) is 0.267. The molecule has 3 aliphatic heterocycles. The highest BCUT2D eigenvalue weighted by Crippen LogP contribution is 2.57. The molecule has 6 rings (SSSR count). The average molecular weight is 367 g/mol. The number of halogens is 1. The first kappa shape index (κ1) is 16.1. The molecule has 2 aromatic rings. The number of hydroxylamine groups is 2. The molecular formula is C20H14FNO5. The highest BCUT2D eigenvalue weighted by molar-refractivity contribution is 6.20. The molecule has 3 fully saturated rings. The van der Waals surface area contributed by atoms with E-state index in [0.717, 1.165) is 0 Å². The summed E-state index contributed by atoms with van der Waals surface area (Å²) < 4.78 is 19.3. The second kappa shape index (κ2) is 5.47. The van der Waals surface area contributed by atoms with E-state index < -0.39 is 34.9 Å². The van der Waals surface area contributed by atoms with Gasteiger partial charge in [0.1, 0.15) is 5.82 Å². The van der Waals surface area contributed by atoms with Gasteiger partial charge in [-0.15, -0.1) is 0 Å². The Labute approximate surface area is 153 Å². The number of amides is 2. The van der Waals surface area contributed by atoms with E-state index in [1.807, 2.05) is 0 Å². The second-order valence-corrected chi connectivity index (χ2v) is 7.06. The molecule has 1 saturated carbocycles. The zero-order chi connectivity index (χ0) is 18.8. The summed E-state index contributed by atoms with van der Waals surface area (Å²) >= 11 is 0. The molecule has 27 heavy (non-hydrogen) atoms. The fourth-order valence-electron chi connectivity index (χ4n) is 4.31. The Bertz CT molecular complexity index is 966. The standard InChI is InChI=1S/C20H14FNO5/c21-12-5-3-4-11(8-12)20-9-15(26-10-20)16(20)19(25)27-22-17(23)13-6-1-2-7-14(13)18(22)24/h1-8,15-16H,9-10H2. The molecule has 3 unspecified atom stereocenters. The van der Waals surface area contributed by atoms with Crippen molar-refractivity contribution in [3.05, 3.63) is 71.0 Å². The number of benzene rings is 2. The summed E-state index contributed by atoms with van der Waals surface area (Å²) in [5, 5.41) is 0.504. The summed E-state index contributed by atoms with van der Waals surface area (Å²) in [6.07, 6.45) is 0.203. The average Bonchev–Trinajstić information content (AvgIpc) is 3.31. The van der Waals surface area contributed by atoms with Gasteiger partial charge in [-0.25, -0.2) is 9.18 Å². The van der Waals surface area contributed by atoms with E-state index in [1.54, 1.807) is 24.3 Å². The number of rotatable bonds is 3. The van der Waals surface area contributed by atoms with Crippen LogP contribution in [0.25, 0.3) is 0 Å². The van der Waals surface area contributed by atoms with Crippen molar-refractivity contribution < 1.29 is 28.3 Å². The Morgan fingerprint density at radius 2 is 1.81 bits per heavy atom. The molecule has 136 valence electrons. The summed E-state index contributed by atoms with van der Waals surface area (Å²) in [6, 6.07) is 12.3. The number of carbonyl (C=O) groups excluding carboxylic acids is 3. The predicted octanol–water partition coefficient (Wildman–Crippen LogP) is 2.24. The van der Waals surface area contributed by atoms with Gasteiger partial charge >= 0.3 is 5.97 Å². The van der Waals surface area contributed by atoms with E-state index in [1.165, 1.54) is 24.3 Å². The second-order valence-electron chi connectivity index (χ2n) is 7.06. The first-order valence-corrected chi connectivity index (χ1v) is 8.58. The number of hydrogen-bond acceptors (Lipinski definition) is 5. The number of imide groups is 1. The zero-order valence-electron chi connectivity index (χ0n) is 14.1. The minimum Gasteiger partial charge on any atom is -0.376 e. The Hall–Kier alpha value is -3.06. The van der Waals surface area contributed by atoms with Gasteiger partial charge in [0.25, 0.3) is 11.8 Å². The third-order valence-corrected chi connectivity index (χ3v) is 5.68. The lowest BCUT2D eigenvalue weighted by Crippen LogP contribution is -2.54. The van der Waals surface area contributed by atoms with Crippen LogP contribution in [0.5, 0.6) is 0 Å². The Morgan fingerprint density at radius 3 is 2.44 bits per heavy atom. The van der Waals surface area contributed by atoms with Crippen molar-refractivity contribution in [2.45, 2.75) is 17.9 Å². The fraction of sp³-hybridized carbons (Fsp3) is 0.250. The SMILES string of the molecule is O=C(ON1C(=O)c2ccccc2C1=O)C1C2CC1(c1cccc(F)c1)CO2. The van der Waals surface area contributed by atoms with E-state index >= 15 is 0 Å². The highest BCUT2D eigenvalue weighted by Gasteiger charge is 2.66. The molecule has 2 amide bonds. The maximum absolute atomic E-state index is 13.7. The van der Waals surface area contributed by atoms with Gasteiger partial charge in [0.2, 0.25) is 0 Å². The molecule has 4 aliphatic rings. The molecule has 3 heterocycles. The van der Waals surface area contributed by atoms with Crippen LogP contribution in [0.1, 0.15) is 32.7 Å². The van der Waals surface area contributed by atoms with Gasteiger partial charge in [-0.1, -0.05) is 29.3 Å². The smallest absolute Gasteiger partial charge is 0.339 e. The van der Waals surface area contributed by atoms with Gasteiger partial charge in [-0.05, 0) is 36.2 Å². The van der Waals surface area contributed by atoms with Crippen molar-refractivity contribution in [3.8, 4) is 0 Å². The molecule has 0 spiro atoms. The van der Waals surface area contributed by atoms with Crippen LogP contribution in [0.2, 0.25) is 0 Å². The highest BCUT2D eigenvalue weighted by atomic mass is 19.1. The lowest BCUT2D eigenvalue weighted by molar-refractivity contribution is -0.182. The first-order valence-electron chi connectivity index (χ1n) is 8.58. The number of nitrogens with zero attached hydrogens (tertiary/aromatic N) is 1. The Morgan fingerprint density at radius 1 is 1.11 bits per heavy atom. The van der Waals surface area contributed by atoms with Crippen LogP contribution >= 0.6 is 0 Å². The van der Waals surface area contributed by atoms with Gasteiger partial charge < -0.3 is 9.57 Å². The first-order chi connectivity index (χ1) is 13.0. The molecular weight excluding hydrogens is 353 g/mol. The van der Waals surface area contributed by atoms with Crippen LogP contribution in [0.15, 0.2) is 48.5 Å². The topological polar surface area (TPSA) is 72.9 Å². The lowest BCUT2D eigenvalue weighted by Gasteiger charge is -2.43. The third kappa shape index (κ3) is 2.12. The molecule has 0 aromatic heterocycles. The fourth-order valence-corrected chi connectivity index (χ4v) is 4.31. The monoisotopic (exact) mass is 367 g/mol. The van der Waals surface area contributed by atoms with Crippen LogP contribution in [-0.4, -0.2) is 35.6 Å². The molecule has 2 bridgehead atoms. The van der Waals surface area contributed by atoms with Gasteiger partial charge in [-0.2, -0.15) is 0 Å². The van der Waals surface area contributed by atoms with Crippen molar-refractivity contribution in [1.82, 2.24) is 5.06 Å². The molecule has 7 heteroatoms. The van der Waals surface area contributed by atoms with Crippen LogP contribution in [0.4, 0.5) is 4.39 Å². The Kier molecular flexibility index (Phi) is 3.27. The number of fused-ring (bicyclic) bond motifs is 2. The largest absolute Gasteiger partial charge is 0.376 e. The number of ether oxygens (including phenoxy) is 1. The van der Waals surface area contributed by atoms with E-state index in [0.29, 0.717) is 17.0 Å². The molecule has 6 nitrogen and oxygen atoms in total. The van der Waals surface area contributed by atoms with Crippen molar-refractivity contribution in [1.29, 1.82) is 0 Å².